The van der Waals surface area contributed by atoms with Crippen molar-refractivity contribution in [2.45, 2.75) is 0 Å². The normalized spacial score (nSPS) is 14.2. The minimum atomic E-state index is -0.0635. The zero-order valence-electron chi connectivity index (χ0n) is 14.7. The molecule has 7 nitrogen and oxygen atoms in total. The summed E-state index contributed by atoms with van der Waals surface area (Å²) in [7, 11) is 0. The highest BCUT2D eigenvalue weighted by molar-refractivity contribution is 5.95. The maximum Gasteiger partial charge on any atom is 0.255 e. The van der Waals surface area contributed by atoms with E-state index in [9.17, 15) is 9.59 Å². The highest BCUT2D eigenvalue weighted by Gasteiger charge is 2.21. The van der Waals surface area contributed by atoms with E-state index in [2.05, 4.69) is 15.3 Å². The number of aromatic nitrogens is 2. The van der Waals surface area contributed by atoms with Gasteiger partial charge in [-0.25, -0.2) is 4.98 Å². The van der Waals surface area contributed by atoms with Crippen LogP contribution in [0.1, 0.15) is 10.4 Å². The Kier molecular flexibility index (Phi) is 4.65. The largest absolute Gasteiger partial charge is 0.342 e. The summed E-state index contributed by atoms with van der Waals surface area (Å²) in [6.07, 6.45) is 4.16. The fourth-order valence-electron chi connectivity index (χ4n) is 3.15. The predicted molar refractivity (Wildman–Crippen MR) is 103 cm³/mol. The molecule has 2 amide bonds. The van der Waals surface area contributed by atoms with Crippen LogP contribution >= 0.6 is 0 Å². The van der Waals surface area contributed by atoms with Crippen LogP contribution in [0.15, 0.2) is 54.9 Å². The summed E-state index contributed by atoms with van der Waals surface area (Å²) in [4.78, 5) is 35.6. The third kappa shape index (κ3) is 3.57. The fourth-order valence-corrected chi connectivity index (χ4v) is 3.15. The van der Waals surface area contributed by atoms with Crippen LogP contribution < -0.4 is 5.32 Å². The minimum absolute atomic E-state index is 0.0635. The molecule has 0 bridgehead atoms. The Morgan fingerprint density at radius 1 is 1.00 bits per heavy atom. The maximum absolute atomic E-state index is 12.6. The number of carbonyl (C=O) groups is 2. The molecule has 1 N–H and O–H groups in total. The molecule has 3 heterocycles. The van der Waals surface area contributed by atoms with Crippen molar-refractivity contribution >= 4 is 34.7 Å². The number of piperazine rings is 1. The second-order valence-corrected chi connectivity index (χ2v) is 6.37. The molecule has 1 fully saturated rings. The van der Waals surface area contributed by atoms with Crippen molar-refractivity contribution in [2.75, 3.05) is 31.5 Å². The number of benzene rings is 1. The highest BCUT2D eigenvalue weighted by Crippen LogP contribution is 2.23. The van der Waals surface area contributed by atoms with Gasteiger partial charge in [-0.2, -0.15) is 0 Å². The molecule has 0 radical (unpaired) electrons. The third-order valence-electron chi connectivity index (χ3n) is 4.66. The fraction of sp³-hybridized carbons (Fsp3) is 0.200. The molecule has 27 heavy (non-hydrogen) atoms. The summed E-state index contributed by atoms with van der Waals surface area (Å²) in [5.74, 6) is 0.585. The van der Waals surface area contributed by atoms with Crippen molar-refractivity contribution in [2.24, 2.45) is 0 Å². The molecule has 4 rings (SSSR count). The highest BCUT2D eigenvalue weighted by atomic mass is 16.2. The molecule has 2 aromatic heterocycles. The Balaban J connectivity index is 1.47. The van der Waals surface area contributed by atoms with Crippen molar-refractivity contribution in [1.82, 2.24) is 19.8 Å². The van der Waals surface area contributed by atoms with Gasteiger partial charge >= 0.3 is 0 Å². The van der Waals surface area contributed by atoms with Crippen molar-refractivity contribution in [3.8, 4) is 0 Å². The predicted octanol–water partition coefficient (Wildman–Crippen LogP) is 2.29. The molecule has 0 atom stereocenters. The van der Waals surface area contributed by atoms with Gasteiger partial charge in [-0.05, 0) is 24.3 Å². The number of anilines is 2. The first-order valence-corrected chi connectivity index (χ1v) is 8.80. The Hall–Kier alpha value is -3.48. The van der Waals surface area contributed by atoms with Crippen LogP contribution in [0.2, 0.25) is 0 Å². The lowest BCUT2D eigenvalue weighted by Crippen LogP contribution is -2.48. The van der Waals surface area contributed by atoms with Crippen LogP contribution in [-0.4, -0.2) is 58.3 Å². The van der Waals surface area contributed by atoms with Gasteiger partial charge in [0.15, 0.2) is 0 Å². The average Bonchev–Trinajstić information content (AvgIpc) is 2.74. The van der Waals surface area contributed by atoms with E-state index < -0.39 is 0 Å². The molecule has 1 saturated heterocycles. The second kappa shape index (κ2) is 7.41. The van der Waals surface area contributed by atoms with Crippen molar-refractivity contribution in [3.05, 3.63) is 60.4 Å². The molecule has 7 heteroatoms. The number of para-hydroxylation sites is 1. The van der Waals surface area contributed by atoms with E-state index in [1.807, 2.05) is 30.3 Å². The summed E-state index contributed by atoms with van der Waals surface area (Å²) < 4.78 is 0. The zero-order chi connectivity index (χ0) is 18.6. The number of nitrogens with one attached hydrogen (secondary N) is 1. The van der Waals surface area contributed by atoms with Gasteiger partial charge in [-0.3, -0.25) is 14.6 Å². The lowest BCUT2D eigenvalue weighted by atomic mass is 10.2. The van der Waals surface area contributed by atoms with E-state index >= 15 is 0 Å². The summed E-state index contributed by atoms with van der Waals surface area (Å²) in [5, 5.41) is 4.31. The number of carbonyl (C=O) groups excluding carboxylic acids is 2. The molecule has 136 valence electrons. The summed E-state index contributed by atoms with van der Waals surface area (Å²) in [5.41, 5.74) is 2.27. The van der Waals surface area contributed by atoms with Gasteiger partial charge in [0.1, 0.15) is 5.82 Å². The number of nitrogens with zero attached hydrogens (tertiary/aromatic N) is 4. The second-order valence-electron chi connectivity index (χ2n) is 6.37. The molecule has 0 spiro atoms. The van der Waals surface area contributed by atoms with E-state index in [4.69, 9.17) is 0 Å². The molecule has 1 aliphatic heterocycles. The zero-order valence-corrected chi connectivity index (χ0v) is 14.7. The topological polar surface area (TPSA) is 78.4 Å². The van der Waals surface area contributed by atoms with Gasteiger partial charge in [-0.1, -0.05) is 18.2 Å². The van der Waals surface area contributed by atoms with Crippen molar-refractivity contribution < 1.29 is 9.59 Å². The van der Waals surface area contributed by atoms with E-state index in [0.717, 1.165) is 23.0 Å². The first kappa shape index (κ1) is 17.0. The number of amides is 2. The lowest BCUT2D eigenvalue weighted by Gasteiger charge is -2.32. The first-order chi connectivity index (χ1) is 13.2. The molecule has 0 unspecified atom stereocenters. The van der Waals surface area contributed by atoms with Gasteiger partial charge in [-0.15, -0.1) is 0 Å². The Labute approximate surface area is 156 Å². The average molecular weight is 361 g/mol. The quantitative estimate of drug-likeness (QED) is 0.722. The van der Waals surface area contributed by atoms with Crippen LogP contribution in [0.25, 0.3) is 10.9 Å². The standard InChI is InChI=1S/C20H19N5O2/c26-14-24-9-11-25(12-10-24)20(27)16-6-7-18(22-13-16)23-17-5-1-3-15-4-2-8-21-19(15)17/h1-8,13-14H,9-12H2,(H,22,23). The Morgan fingerprint density at radius 2 is 1.81 bits per heavy atom. The van der Waals surface area contributed by atoms with Crippen LogP contribution in [0.5, 0.6) is 0 Å². The smallest absolute Gasteiger partial charge is 0.255 e. The van der Waals surface area contributed by atoms with Crippen LogP contribution in [0.3, 0.4) is 0 Å². The number of fused-ring (bicyclic) bond motifs is 1. The van der Waals surface area contributed by atoms with Gasteiger partial charge in [0.25, 0.3) is 5.91 Å². The third-order valence-corrected chi connectivity index (χ3v) is 4.66. The molecule has 1 aromatic carbocycles. The number of hydrogen-bond donors (Lipinski definition) is 1. The van der Waals surface area contributed by atoms with Gasteiger partial charge in [0, 0.05) is 44.0 Å². The van der Waals surface area contributed by atoms with Crippen LogP contribution in [0.4, 0.5) is 11.5 Å². The number of rotatable bonds is 4. The van der Waals surface area contributed by atoms with Crippen LogP contribution in [-0.2, 0) is 4.79 Å². The van der Waals surface area contributed by atoms with Crippen molar-refractivity contribution in [1.29, 1.82) is 0 Å². The molecular formula is C20H19N5O2. The summed E-state index contributed by atoms with van der Waals surface area (Å²) in [6.45, 7) is 2.21. The Morgan fingerprint density at radius 3 is 2.56 bits per heavy atom. The van der Waals surface area contributed by atoms with Gasteiger partial charge in [0.05, 0.1) is 16.8 Å². The molecule has 3 aromatic rings. The molecule has 0 aliphatic carbocycles. The minimum Gasteiger partial charge on any atom is -0.342 e. The molecular weight excluding hydrogens is 342 g/mol. The summed E-state index contributed by atoms with van der Waals surface area (Å²) in [6, 6.07) is 13.4. The first-order valence-electron chi connectivity index (χ1n) is 8.80. The van der Waals surface area contributed by atoms with E-state index in [-0.39, 0.29) is 5.91 Å². The Bertz CT molecular complexity index is 960. The number of hydrogen-bond acceptors (Lipinski definition) is 5. The van der Waals surface area contributed by atoms with E-state index in [0.29, 0.717) is 37.6 Å². The summed E-state index contributed by atoms with van der Waals surface area (Å²) >= 11 is 0. The van der Waals surface area contributed by atoms with Crippen LogP contribution in [0, 0.1) is 0 Å². The van der Waals surface area contributed by atoms with Gasteiger partial charge in [0.2, 0.25) is 6.41 Å². The van der Waals surface area contributed by atoms with Crippen molar-refractivity contribution in [3.63, 3.8) is 0 Å². The van der Waals surface area contributed by atoms with Gasteiger partial charge < -0.3 is 15.1 Å². The van der Waals surface area contributed by atoms with E-state index in [1.54, 1.807) is 34.3 Å². The lowest BCUT2D eigenvalue weighted by molar-refractivity contribution is -0.119. The molecule has 1 aliphatic rings. The monoisotopic (exact) mass is 361 g/mol. The maximum atomic E-state index is 12.6. The SMILES string of the molecule is O=CN1CCN(C(=O)c2ccc(Nc3cccc4cccnc34)nc2)CC1. The van der Waals surface area contributed by atoms with E-state index in [1.165, 1.54) is 0 Å². The number of pyridine rings is 2. The molecule has 0 saturated carbocycles.